The van der Waals surface area contributed by atoms with Crippen molar-refractivity contribution in [3.8, 4) is 22.9 Å². The molecular formula is C20H18F3N5O2S. The van der Waals surface area contributed by atoms with Crippen LogP contribution in [0.4, 0.5) is 13.2 Å². The van der Waals surface area contributed by atoms with Gasteiger partial charge in [-0.3, -0.25) is 0 Å². The SMILES string of the molecule is CCS(=O)(=O)c1c(-c2nc3cc(C(F)(F)F)ncc3n2C)nc(-c2ccccc2)n1C. The molecule has 0 saturated heterocycles. The Morgan fingerprint density at radius 3 is 2.29 bits per heavy atom. The molecular weight excluding hydrogens is 431 g/mol. The van der Waals surface area contributed by atoms with Gasteiger partial charge in [0.1, 0.15) is 17.2 Å². The van der Waals surface area contributed by atoms with E-state index >= 15 is 0 Å². The monoisotopic (exact) mass is 449 g/mol. The van der Waals surface area contributed by atoms with Gasteiger partial charge in [-0.15, -0.1) is 0 Å². The molecule has 0 atom stereocenters. The summed E-state index contributed by atoms with van der Waals surface area (Å²) in [7, 11) is -0.556. The summed E-state index contributed by atoms with van der Waals surface area (Å²) in [4.78, 5) is 12.3. The first kappa shape index (κ1) is 21.0. The molecule has 0 aliphatic rings. The number of nitrogens with zero attached hydrogens (tertiary/aromatic N) is 5. The molecule has 0 aliphatic heterocycles. The van der Waals surface area contributed by atoms with Gasteiger partial charge in [-0.25, -0.2) is 23.4 Å². The fourth-order valence-corrected chi connectivity index (χ4v) is 4.63. The van der Waals surface area contributed by atoms with Gasteiger partial charge in [0.25, 0.3) is 0 Å². The number of alkyl halides is 3. The summed E-state index contributed by atoms with van der Waals surface area (Å²) in [6.07, 6.45) is -3.54. The van der Waals surface area contributed by atoms with Crippen LogP contribution in [0.3, 0.4) is 0 Å². The van der Waals surface area contributed by atoms with Crippen molar-refractivity contribution in [1.29, 1.82) is 0 Å². The highest BCUT2D eigenvalue weighted by atomic mass is 32.2. The number of aromatic nitrogens is 5. The van der Waals surface area contributed by atoms with Crippen LogP contribution in [0.15, 0.2) is 47.6 Å². The predicted octanol–water partition coefficient (Wildman–Crippen LogP) is 3.85. The van der Waals surface area contributed by atoms with Gasteiger partial charge in [0.2, 0.25) is 0 Å². The summed E-state index contributed by atoms with van der Waals surface area (Å²) in [5, 5.41) is -0.0451. The van der Waals surface area contributed by atoms with Crippen molar-refractivity contribution in [3.63, 3.8) is 0 Å². The largest absolute Gasteiger partial charge is 0.433 e. The number of hydrogen-bond acceptors (Lipinski definition) is 5. The maximum atomic E-state index is 13.1. The third-order valence-corrected chi connectivity index (χ3v) is 6.84. The maximum absolute atomic E-state index is 13.1. The molecule has 0 saturated carbocycles. The average molecular weight is 449 g/mol. The Bertz CT molecular complexity index is 1390. The lowest BCUT2D eigenvalue weighted by molar-refractivity contribution is -0.141. The number of pyridine rings is 1. The van der Waals surface area contributed by atoms with Crippen LogP contribution in [0.2, 0.25) is 0 Å². The van der Waals surface area contributed by atoms with Crippen molar-refractivity contribution in [1.82, 2.24) is 24.1 Å². The Labute approximate surface area is 176 Å². The van der Waals surface area contributed by atoms with Crippen LogP contribution in [0.1, 0.15) is 12.6 Å². The number of fused-ring (bicyclic) bond motifs is 1. The van der Waals surface area contributed by atoms with Gasteiger partial charge in [0.05, 0.1) is 23.0 Å². The third-order valence-electron chi connectivity index (χ3n) is 5.02. The molecule has 4 aromatic rings. The summed E-state index contributed by atoms with van der Waals surface area (Å²) >= 11 is 0. The molecule has 3 aromatic heterocycles. The molecule has 0 radical (unpaired) electrons. The summed E-state index contributed by atoms with van der Waals surface area (Å²) in [6, 6.07) is 9.86. The molecule has 11 heteroatoms. The number of hydrogen-bond donors (Lipinski definition) is 0. The highest BCUT2D eigenvalue weighted by molar-refractivity contribution is 7.91. The smallest absolute Gasteiger partial charge is 0.324 e. The van der Waals surface area contributed by atoms with Crippen molar-refractivity contribution in [2.75, 3.05) is 5.75 Å². The van der Waals surface area contributed by atoms with E-state index in [9.17, 15) is 21.6 Å². The van der Waals surface area contributed by atoms with E-state index < -0.39 is 21.7 Å². The van der Waals surface area contributed by atoms with Gasteiger partial charge in [0.15, 0.2) is 20.7 Å². The van der Waals surface area contributed by atoms with Crippen molar-refractivity contribution < 1.29 is 21.6 Å². The average Bonchev–Trinajstić information content (AvgIpc) is 3.25. The second kappa shape index (κ2) is 7.19. The molecule has 0 N–H and O–H groups in total. The fraction of sp³-hybridized carbons (Fsp3) is 0.250. The van der Waals surface area contributed by atoms with Gasteiger partial charge >= 0.3 is 6.18 Å². The van der Waals surface area contributed by atoms with E-state index in [1.807, 2.05) is 6.07 Å². The van der Waals surface area contributed by atoms with Crippen LogP contribution in [-0.2, 0) is 30.1 Å². The number of rotatable bonds is 4. The molecule has 0 bridgehead atoms. The lowest BCUT2D eigenvalue weighted by Crippen LogP contribution is -2.11. The standard InChI is InChI=1S/C20H18F3N5O2S/c1-4-31(29,30)19-16(26-17(28(19)3)12-8-6-5-7-9-12)18-25-13-10-15(20(21,22)23)24-11-14(13)27(18)2/h5-11H,4H2,1-3H3. The van der Waals surface area contributed by atoms with Gasteiger partial charge in [-0.1, -0.05) is 37.3 Å². The Balaban J connectivity index is 2.02. The minimum atomic E-state index is -4.62. The van der Waals surface area contributed by atoms with Crippen molar-refractivity contribution in [3.05, 3.63) is 48.3 Å². The fourth-order valence-electron chi connectivity index (χ4n) is 3.42. The lowest BCUT2D eigenvalue weighted by atomic mass is 10.2. The minimum absolute atomic E-state index is 0.0451. The van der Waals surface area contributed by atoms with Gasteiger partial charge in [-0.05, 0) is 6.07 Å². The molecule has 0 aliphatic carbocycles. The minimum Gasteiger partial charge on any atom is -0.324 e. The van der Waals surface area contributed by atoms with Gasteiger partial charge < -0.3 is 9.13 Å². The van der Waals surface area contributed by atoms with Crippen LogP contribution in [0, 0.1) is 0 Å². The Hall–Kier alpha value is -3.21. The van der Waals surface area contributed by atoms with Crippen LogP contribution in [0.5, 0.6) is 0 Å². The van der Waals surface area contributed by atoms with Gasteiger partial charge in [-0.2, -0.15) is 13.2 Å². The zero-order valence-corrected chi connectivity index (χ0v) is 17.7. The number of aryl methyl sites for hydroxylation is 1. The highest BCUT2D eigenvalue weighted by Crippen LogP contribution is 2.34. The lowest BCUT2D eigenvalue weighted by Gasteiger charge is -2.07. The first-order valence-corrected chi connectivity index (χ1v) is 10.9. The van der Waals surface area contributed by atoms with Crippen LogP contribution < -0.4 is 0 Å². The Morgan fingerprint density at radius 2 is 1.68 bits per heavy atom. The summed E-state index contributed by atoms with van der Waals surface area (Å²) in [6.45, 7) is 1.52. The highest BCUT2D eigenvalue weighted by Gasteiger charge is 2.34. The van der Waals surface area contributed by atoms with E-state index in [4.69, 9.17) is 0 Å². The topological polar surface area (TPSA) is 82.7 Å². The zero-order valence-electron chi connectivity index (χ0n) is 16.8. The molecule has 1 aromatic carbocycles. The van der Waals surface area contributed by atoms with E-state index in [1.54, 1.807) is 38.4 Å². The molecule has 0 amide bonds. The first-order chi connectivity index (χ1) is 14.5. The number of halogens is 3. The van der Waals surface area contributed by atoms with Gasteiger partial charge in [0, 0.05) is 19.7 Å². The number of benzene rings is 1. The molecule has 0 fully saturated rings. The Morgan fingerprint density at radius 1 is 1.00 bits per heavy atom. The summed E-state index contributed by atoms with van der Waals surface area (Å²) in [5.41, 5.74) is 0.0810. The molecule has 0 spiro atoms. The van der Waals surface area contributed by atoms with Crippen LogP contribution in [-0.4, -0.2) is 38.3 Å². The van der Waals surface area contributed by atoms with Crippen LogP contribution in [0.25, 0.3) is 33.9 Å². The van der Waals surface area contributed by atoms with Crippen molar-refractivity contribution in [2.24, 2.45) is 14.1 Å². The van der Waals surface area contributed by atoms with Crippen molar-refractivity contribution >= 4 is 20.9 Å². The number of imidazole rings is 2. The molecule has 3 heterocycles. The van der Waals surface area contributed by atoms with E-state index in [0.717, 1.165) is 12.3 Å². The molecule has 7 nitrogen and oxygen atoms in total. The van der Waals surface area contributed by atoms with Crippen molar-refractivity contribution in [2.45, 2.75) is 18.1 Å². The summed E-state index contributed by atoms with van der Waals surface area (Å²) in [5.74, 6) is 0.377. The Kier molecular flexibility index (Phi) is 4.88. The molecule has 31 heavy (non-hydrogen) atoms. The summed E-state index contributed by atoms with van der Waals surface area (Å²) < 4.78 is 68.0. The second-order valence-electron chi connectivity index (χ2n) is 6.97. The molecule has 0 unspecified atom stereocenters. The van der Waals surface area contributed by atoms with E-state index in [-0.39, 0.29) is 27.8 Å². The molecule has 4 rings (SSSR count). The zero-order chi connectivity index (χ0) is 22.6. The maximum Gasteiger partial charge on any atom is 0.433 e. The van der Waals surface area contributed by atoms with E-state index in [1.165, 1.54) is 16.1 Å². The quantitative estimate of drug-likeness (QED) is 0.473. The van der Waals surface area contributed by atoms with E-state index in [0.29, 0.717) is 16.9 Å². The first-order valence-electron chi connectivity index (χ1n) is 9.29. The number of sulfone groups is 1. The third kappa shape index (κ3) is 3.48. The molecule has 162 valence electrons. The van der Waals surface area contributed by atoms with E-state index in [2.05, 4.69) is 15.0 Å². The predicted molar refractivity (Wildman–Crippen MR) is 109 cm³/mol. The second-order valence-corrected chi connectivity index (χ2v) is 9.16. The normalized spacial score (nSPS) is 12.6. The van der Waals surface area contributed by atoms with Crippen LogP contribution >= 0.6 is 0 Å².